The number of rotatable bonds is 7. The Morgan fingerprint density at radius 2 is 1.88 bits per heavy atom. The van der Waals surface area contributed by atoms with Gasteiger partial charge in [-0.25, -0.2) is 14.2 Å². The average molecular weight is 500 g/mol. The van der Waals surface area contributed by atoms with Gasteiger partial charge in [0.25, 0.3) is 0 Å². The highest BCUT2D eigenvalue weighted by atomic mass is 35.5. The molecule has 0 aliphatic heterocycles. The quantitative estimate of drug-likeness (QED) is 0.312. The van der Waals surface area contributed by atoms with Crippen molar-refractivity contribution in [2.75, 3.05) is 6.61 Å². The van der Waals surface area contributed by atoms with Crippen molar-refractivity contribution in [3.63, 3.8) is 0 Å². The standard InChI is InChI=1S/C27H24Cl2FNO3/c1-3-33-27(32)26-16(2)10-12-24(31-26)19-7-4-6-18(19)20-14-17(28)11-13-25(20)34-15-21-22(29)8-5-9-23(21)30/h5,8-14H,3-4,6-7,15H2,1-2H3. The number of hydrogen-bond donors (Lipinski definition) is 0. The summed E-state index contributed by atoms with van der Waals surface area (Å²) in [5.74, 6) is -0.273. The molecule has 3 aromatic rings. The van der Waals surface area contributed by atoms with Gasteiger partial charge >= 0.3 is 5.97 Å². The number of hydrogen-bond acceptors (Lipinski definition) is 4. The molecule has 0 fully saturated rings. The predicted octanol–water partition coefficient (Wildman–Crippen LogP) is 7.69. The van der Waals surface area contributed by atoms with Crippen LogP contribution < -0.4 is 4.74 Å². The van der Waals surface area contributed by atoms with Gasteiger partial charge in [-0.15, -0.1) is 0 Å². The Labute approximate surface area is 208 Å². The third-order valence-corrected chi connectivity index (χ3v) is 6.38. The van der Waals surface area contributed by atoms with Gasteiger partial charge in [0.05, 0.1) is 17.3 Å². The first kappa shape index (κ1) is 24.2. The van der Waals surface area contributed by atoms with E-state index in [1.54, 1.807) is 31.2 Å². The zero-order chi connectivity index (χ0) is 24.2. The second kappa shape index (κ2) is 10.6. The molecule has 4 rings (SSSR count). The van der Waals surface area contributed by atoms with Crippen LogP contribution in [-0.4, -0.2) is 17.6 Å². The van der Waals surface area contributed by atoms with E-state index in [2.05, 4.69) is 4.98 Å². The number of aromatic nitrogens is 1. The van der Waals surface area contributed by atoms with E-state index < -0.39 is 11.8 Å². The monoisotopic (exact) mass is 499 g/mol. The summed E-state index contributed by atoms with van der Waals surface area (Å²) in [6.45, 7) is 3.87. The molecule has 0 saturated carbocycles. The van der Waals surface area contributed by atoms with Crippen LogP contribution in [0.2, 0.25) is 10.0 Å². The van der Waals surface area contributed by atoms with E-state index in [4.69, 9.17) is 32.7 Å². The SMILES string of the molecule is CCOC(=O)c1nc(C2=C(c3cc(Cl)ccc3OCc3c(F)cccc3Cl)CCC2)ccc1C. The van der Waals surface area contributed by atoms with Crippen molar-refractivity contribution in [1.29, 1.82) is 0 Å². The molecule has 34 heavy (non-hydrogen) atoms. The maximum Gasteiger partial charge on any atom is 0.357 e. The summed E-state index contributed by atoms with van der Waals surface area (Å²) in [7, 11) is 0. The Morgan fingerprint density at radius 1 is 1.09 bits per heavy atom. The van der Waals surface area contributed by atoms with E-state index in [1.165, 1.54) is 6.07 Å². The smallest absolute Gasteiger partial charge is 0.357 e. The molecule has 0 radical (unpaired) electrons. The van der Waals surface area contributed by atoms with Gasteiger partial charge in [0.15, 0.2) is 5.69 Å². The van der Waals surface area contributed by atoms with E-state index in [-0.39, 0.29) is 13.2 Å². The molecule has 0 bridgehead atoms. The Morgan fingerprint density at radius 3 is 2.65 bits per heavy atom. The molecule has 1 aliphatic rings. The van der Waals surface area contributed by atoms with Crippen LogP contribution in [0, 0.1) is 12.7 Å². The van der Waals surface area contributed by atoms with E-state index in [0.717, 1.165) is 47.2 Å². The zero-order valence-electron chi connectivity index (χ0n) is 19.0. The van der Waals surface area contributed by atoms with Crippen LogP contribution >= 0.6 is 23.2 Å². The first-order valence-corrected chi connectivity index (χ1v) is 11.9. The average Bonchev–Trinajstić information content (AvgIpc) is 3.30. The molecule has 0 amide bonds. The van der Waals surface area contributed by atoms with Gasteiger partial charge in [-0.1, -0.05) is 35.3 Å². The number of halogens is 3. The number of ether oxygens (including phenoxy) is 2. The van der Waals surface area contributed by atoms with Gasteiger partial charge in [-0.05, 0) is 86.2 Å². The largest absolute Gasteiger partial charge is 0.488 e. The molecule has 0 N–H and O–H groups in total. The topological polar surface area (TPSA) is 48.4 Å². The molecule has 0 unspecified atom stereocenters. The summed E-state index contributed by atoms with van der Waals surface area (Å²) >= 11 is 12.5. The van der Waals surface area contributed by atoms with Gasteiger partial charge in [-0.3, -0.25) is 0 Å². The summed E-state index contributed by atoms with van der Waals surface area (Å²) in [5.41, 5.74) is 5.00. The second-order valence-electron chi connectivity index (χ2n) is 8.02. The fourth-order valence-corrected chi connectivity index (χ4v) is 4.50. The van der Waals surface area contributed by atoms with Crippen LogP contribution in [0.3, 0.4) is 0 Å². The lowest BCUT2D eigenvalue weighted by Crippen LogP contribution is -2.10. The summed E-state index contributed by atoms with van der Waals surface area (Å²) in [4.78, 5) is 17.0. The van der Waals surface area contributed by atoms with Crippen molar-refractivity contribution >= 4 is 40.3 Å². The third kappa shape index (κ3) is 5.11. The minimum absolute atomic E-state index is 0.0153. The van der Waals surface area contributed by atoms with Crippen molar-refractivity contribution in [1.82, 2.24) is 4.98 Å². The molecular weight excluding hydrogens is 476 g/mol. The number of carbonyl (C=O) groups excluding carboxylic acids is 1. The minimum Gasteiger partial charge on any atom is -0.488 e. The molecule has 0 saturated heterocycles. The molecule has 1 heterocycles. The van der Waals surface area contributed by atoms with Gasteiger partial charge in [0, 0.05) is 16.1 Å². The fourth-order valence-electron chi connectivity index (χ4n) is 4.11. The van der Waals surface area contributed by atoms with E-state index in [1.807, 2.05) is 25.1 Å². The first-order valence-electron chi connectivity index (χ1n) is 11.1. The molecule has 0 spiro atoms. The second-order valence-corrected chi connectivity index (χ2v) is 8.87. The van der Waals surface area contributed by atoms with Crippen molar-refractivity contribution in [2.45, 2.75) is 39.7 Å². The highest BCUT2D eigenvalue weighted by Crippen LogP contribution is 2.43. The fraction of sp³-hybridized carbons (Fsp3) is 0.259. The lowest BCUT2D eigenvalue weighted by Gasteiger charge is -2.16. The molecule has 1 aliphatic carbocycles. The maximum atomic E-state index is 14.3. The van der Waals surface area contributed by atoms with Crippen molar-refractivity contribution in [3.05, 3.63) is 92.5 Å². The number of allylic oxidation sites excluding steroid dienone is 2. The molecule has 0 atom stereocenters. The maximum absolute atomic E-state index is 14.3. The van der Waals surface area contributed by atoms with Crippen LogP contribution in [-0.2, 0) is 11.3 Å². The van der Waals surface area contributed by atoms with Crippen molar-refractivity contribution in [2.24, 2.45) is 0 Å². The predicted molar refractivity (Wildman–Crippen MR) is 133 cm³/mol. The normalized spacial score (nSPS) is 13.3. The van der Waals surface area contributed by atoms with Crippen LogP contribution in [0.15, 0.2) is 48.5 Å². The number of aryl methyl sites for hydroxylation is 1. The molecule has 2 aromatic carbocycles. The Balaban J connectivity index is 1.73. The molecule has 7 heteroatoms. The number of carbonyl (C=O) groups is 1. The number of nitrogens with zero attached hydrogens (tertiary/aromatic N) is 1. The molecular formula is C27H24Cl2FNO3. The lowest BCUT2D eigenvalue weighted by molar-refractivity contribution is 0.0518. The van der Waals surface area contributed by atoms with Crippen molar-refractivity contribution < 1.29 is 18.7 Å². The third-order valence-electron chi connectivity index (χ3n) is 5.79. The van der Waals surface area contributed by atoms with Crippen LogP contribution in [0.25, 0.3) is 11.1 Å². The highest BCUT2D eigenvalue weighted by Gasteiger charge is 2.24. The summed E-state index contributed by atoms with van der Waals surface area (Å²) in [5, 5.41) is 0.876. The molecule has 1 aromatic heterocycles. The number of pyridine rings is 1. The zero-order valence-corrected chi connectivity index (χ0v) is 20.5. The van der Waals surface area contributed by atoms with Crippen LogP contribution in [0.1, 0.15) is 59.1 Å². The number of esters is 1. The Bertz CT molecular complexity index is 1250. The first-order chi connectivity index (χ1) is 16.4. The van der Waals surface area contributed by atoms with E-state index in [9.17, 15) is 9.18 Å². The summed E-state index contributed by atoms with van der Waals surface area (Å²) < 4.78 is 25.5. The highest BCUT2D eigenvalue weighted by molar-refractivity contribution is 6.31. The van der Waals surface area contributed by atoms with Gasteiger partial charge in [0.1, 0.15) is 18.2 Å². The van der Waals surface area contributed by atoms with Gasteiger partial charge in [-0.2, -0.15) is 0 Å². The molecule has 176 valence electrons. The van der Waals surface area contributed by atoms with E-state index >= 15 is 0 Å². The minimum atomic E-state index is -0.435. The number of benzene rings is 2. The molecule has 4 nitrogen and oxygen atoms in total. The summed E-state index contributed by atoms with van der Waals surface area (Å²) in [6, 6.07) is 13.7. The van der Waals surface area contributed by atoms with Gasteiger partial charge < -0.3 is 9.47 Å². The van der Waals surface area contributed by atoms with Crippen LogP contribution in [0.4, 0.5) is 4.39 Å². The van der Waals surface area contributed by atoms with E-state index in [0.29, 0.717) is 27.1 Å². The van der Waals surface area contributed by atoms with Crippen LogP contribution in [0.5, 0.6) is 5.75 Å². The Kier molecular flexibility index (Phi) is 7.54. The Hall–Kier alpha value is -2.89. The van der Waals surface area contributed by atoms with Crippen molar-refractivity contribution in [3.8, 4) is 5.75 Å². The summed E-state index contributed by atoms with van der Waals surface area (Å²) in [6.07, 6.45) is 2.54. The van der Waals surface area contributed by atoms with Gasteiger partial charge in [0.2, 0.25) is 0 Å². The lowest BCUT2D eigenvalue weighted by atomic mass is 9.98.